The quantitative estimate of drug-likeness (QED) is 0.610. The van der Waals surface area contributed by atoms with Gasteiger partial charge in [0, 0.05) is 11.5 Å². The Labute approximate surface area is 82.2 Å². The van der Waals surface area contributed by atoms with E-state index in [0.717, 1.165) is 5.25 Å². The highest BCUT2D eigenvalue weighted by Crippen LogP contribution is 2.40. The van der Waals surface area contributed by atoms with Gasteiger partial charge in [0.1, 0.15) is 10.6 Å². The fourth-order valence-corrected chi connectivity index (χ4v) is 3.73. The minimum atomic E-state index is 0.372. The standard InChI is InChI=1S/C12H15S/c1-3-10(2)13-9-8-11-6-4-5-7-12(11)13/h4-10H,3H2,1-2H3/q+1. The number of benzene rings is 1. The summed E-state index contributed by atoms with van der Waals surface area (Å²) in [6.07, 6.45) is 1.27. The van der Waals surface area contributed by atoms with Crippen molar-refractivity contribution in [1.82, 2.24) is 0 Å². The van der Waals surface area contributed by atoms with Gasteiger partial charge in [-0.2, -0.15) is 0 Å². The monoisotopic (exact) mass is 191 g/mol. The van der Waals surface area contributed by atoms with Gasteiger partial charge in [-0.05, 0) is 35.9 Å². The second-order valence-electron chi connectivity index (χ2n) is 3.43. The van der Waals surface area contributed by atoms with Crippen LogP contribution < -0.4 is 0 Å². The first kappa shape index (κ1) is 8.76. The van der Waals surface area contributed by atoms with E-state index in [1.54, 1.807) is 0 Å². The van der Waals surface area contributed by atoms with Crippen molar-refractivity contribution in [3.05, 3.63) is 35.7 Å². The minimum Gasteiger partial charge on any atom is -0.0613 e. The molecule has 68 valence electrons. The van der Waals surface area contributed by atoms with E-state index < -0.39 is 0 Å². The first-order valence-electron chi connectivity index (χ1n) is 4.82. The van der Waals surface area contributed by atoms with Crippen LogP contribution in [0.3, 0.4) is 0 Å². The first-order chi connectivity index (χ1) is 6.33. The van der Waals surface area contributed by atoms with E-state index >= 15 is 0 Å². The molecule has 0 saturated heterocycles. The summed E-state index contributed by atoms with van der Waals surface area (Å²) in [5, 5.41) is 4.59. The van der Waals surface area contributed by atoms with Gasteiger partial charge in [0.05, 0.1) is 0 Å². The molecule has 2 unspecified atom stereocenters. The van der Waals surface area contributed by atoms with E-state index in [4.69, 9.17) is 0 Å². The van der Waals surface area contributed by atoms with Gasteiger partial charge in [0.15, 0.2) is 4.70 Å². The predicted octanol–water partition coefficient (Wildman–Crippen LogP) is 4.56. The van der Waals surface area contributed by atoms with Gasteiger partial charge in [-0.1, -0.05) is 19.1 Å². The summed E-state index contributed by atoms with van der Waals surface area (Å²) in [7, 11) is 0.372. The van der Waals surface area contributed by atoms with Gasteiger partial charge in [-0.25, -0.2) is 0 Å². The Kier molecular flexibility index (Phi) is 2.36. The molecule has 13 heavy (non-hydrogen) atoms. The number of rotatable bonds is 2. The van der Waals surface area contributed by atoms with E-state index in [9.17, 15) is 0 Å². The lowest BCUT2D eigenvalue weighted by atomic mass is 10.3. The van der Waals surface area contributed by atoms with E-state index in [1.807, 2.05) is 0 Å². The van der Waals surface area contributed by atoms with Crippen LogP contribution in [0.15, 0.2) is 35.7 Å². The molecule has 1 heteroatoms. The Balaban J connectivity index is 2.57. The van der Waals surface area contributed by atoms with Gasteiger partial charge in [0.2, 0.25) is 0 Å². The molecule has 0 amide bonds. The van der Waals surface area contributed by atoms with Gasteiger partial charge >= 0.3 is 0 Å². The highest BCUT2D eigenvalue weighted by molar-refractivity contribution is 7.36. The zero-order chi connectivity index (χ0) is 9.26. The van der Waals surface area contributed by atoms with Crippen LogP contribution in [-0.2, 0) is 0 Å². The Morgan fingerprint density at radius 1 is 1.23 bits per heavy atom. The molecule has 0 bridgehead atoms. The second-order valence-corrected chi connectivity index (χ2v) is 5.69. The highest BCUT2D eigenvalue weighted by Gasteiger charge is 2.17. The van der Waals surface area contributed by atoms with Crippen molar-refractivity contribution in [2.24, 2.45) is 0 Å². The zero-order valence-corrected chi connectivity index (χ0v) is 8.97. The average Bonchev–Trinajstić information content (AvgIpc) is 2.60. The van der Waals surface area contributed by atoms with Crippen LogP contribution in [0.4, 0.5) is 0 Å². The number of fused-ring (bicyclic) bond motifs is 1. The SMILES string of the molecule is CCC(C)[s+]1ccc2ccccc21. The lowest BCUT2D eigenvalue weighted by molar-refractivity contribution is 0.845. The molecule has 1 aromatic heterocycles. The third kappa shape index (κ3) is 1.49. The molecule has 0 radical (unpaired) electrons. The Morgan fingerprint density at radius 3 is 2.77 bits per heavy atom. The number of hydrogen-bond acceptors (Lipinski definition) is 0. The van der Waals surface area contributed by atoms with E-state index in [1.165, 1.54) is 16.5 Å². The van der Waals surface area contributed by atoms with Gasteiger partial charge in [-0.15, -0.1) is 0 Å². The lowest BCUT2D eigenvalue weighted by Crippen LogP contribution is -1.78. The zero-order valence-electron chi connectivity index (χ0n) is 8.16. The summed E-state index contributed by atoms with van der Waals surface area (Å²) in [6.45, 7) is 4.61. The fourth-order valence-electron chi connectivity index (χ4n) is 1.58. The number of thiophene rings is 1. The minimum absolute atomic E-state index is 0.372. The van der Waals surface area contributed by atoms with Gasteiger partial charge in [-0.3, -0.25) is 0 Å². The van der Waals surface area contributed by atoms with Crippen molar-refractivity contribution in [3.8, 4) is 0 Å². The van der Waals surface area contributed by atoms with Crippen LogP contribution in [0, 0.1) is 0 Å². The Hall–Kier alpha value is -0.820. The topological polar surface area (TPSA) is 0 Å². The predicted molar refractivity (Wildman–Crippen MR) is 61.4 cm³/mol. The molecule has 1 heterocycles. The van der Waals surface area contributed by atoms with Crippen molar-refractivity contribution in [2.45, 2.75) is 25.5 Å². The van der Waals surface area contributed by atoms with Crippen molar-refractivity contribution in [1.29, 1.82) is 0 Å². The van der Waals surface area contributed by atoms with Gasteiger partial charge < -0.3 is 0 Å². The van der Waals surface area contributed by atoms with Crippen LogP contribution in [0.25, 0.3) is 10.1 Å². The highest BCUT2D eigenvalue weighted by atomic mass is 32.2. The molecule has 2 aromatic rings. The van der Waals surface area contributed by atoms with Crippen LogP contribution >= 0.6 is 10.5 Å². The summed E-state index contributed by atoms with van der Waals surface area (Å²) in [4.78, 5) is 0. The molecule has 2 atom stereocenters. The summed E-state index contributed by atoms with van der Waals surface area (Å²) >= 11 is 0. The molecule has 0 fully saturated rings. The van der Waals surface area contributed by atoms with Crippen molar-refractivity contribution in [2.75, 3.05) is 0 Å². The normalized spacial score (nSPS) is 14.8. The van der Waals surface area contributed by atoms with Crippen molar-refractivity contribution in [3.63, 3.8) is 0 Å². The Morgan fingerprint density at radius 2 is 2.00 bits per heavy atom. The first-order valence-corrected chi connectivity index (χ1v) is 6.17. The van der Waals surface area contributed by atoms with Crippen LogP contribution in [0.1, 0.15) is 25.5 Å². The van der Waals surface area contributed by atoms with Crippen molar-refractivity contribution >= 4 is 20.6 Å². The number of hydrogen-bond donors (Lipinski definition) is 0. The maximum atomic E-state index is 2.37. The smallest absolute Gasteiger partial charge is 0.0613 e. The average molecular weight is 191 g/mol. The molecule has 2 rings (SSSR count). The summed E-state index contributed by atoms with van der Waals surface area (Å²) in [5.74, 6) is 0. The van der Waals surface area contributed by atoms with E-state index in [2.05, 4.69) is 49.6 Å². The lowest BCUT2D eigenvalue weighted by Gasteiger charge is -1.97. The fraction of sp³-hybridized carbons (Fsp3) is 0.333. The Bertz CT molecular complexity index is 400. The van der Waals surface area contributed by atoms with E-state index in [-0.39, 0.29) is 0 Å². The molecule has 0 nitrogen and oxygen atoms in total. The van der Waals surface area contributed by atoms with Crippen LogP contribution in [-0.4, -0.2) is 0 Å². The molecule has 0 aliphatic carbocycles. The largest absolute Gasteiger partial charge is 0.180 e. The maximum absolute atomic E-state index is 2.37. The molecular formula is C12H15S+. The molecule has 0 N–H and O–H groups in total. The summed E-state index contributed by atoms with van der Waals surface area (Å²) in [6, 6.07) is 11.0. The third-order valence-electron chi connectivity index (χ3n) is 2.58. The molecule has 0 aliphatic heterocycles. The van der Waals surface area contributed by atoms with Crippen molar-refractivity contribution < 1.29 is 0 Å². The molecule has 0 aliphatic rings. The van der Waals surface area contributed by atoms with Gasteiger partial charge in [0.25, 0.3) is 0 Å². The van der Waals surface area contributed by atoms with E-state index in [0.29, 0.717) is 10.5 Å². The molecule has 0 spiro atoms. The third-order valence-corrected chi connectivity index (χ3v) is 5.08. The molecule has 0 saturated carbocycles. The maximum Gasteiger partial charge on any atom is 0.180 e. The summed E-state index contributed by atoms with van der Waals surface area (Å²) < 4.78 is 1.54. The van der Waals surface area contributed by atoms with Crippen LogP contribution in [0.5, 0.6) is 0 Å². The molecule has 1 aromatic carbocycles. The van der Waals surface area contributed by atoms with Crippen LogP contribution in [0.2, 0.25) is 0 Å². The molecular weight excluding hydrogens is 176 g/mol. The second kappa shape index (κ2) is 3.51. The summed E-state index contributed by atoms with van der Waals surface area (Å²) in [5.41, 5.74) is 0.